The maximum atomic E-state index is 13.0. The molecule has 2 aromatic heterocycles. The number of benzene rings is 1. The first kappa shape index (κ1) is 27.2. The molecule has 0 saturated carbocycles. The monoisotopic (exact) mass is 590 g/mol. The molecule has 0 unspecified atom stereocenters. The van der Waals surface area contributed by atoms with Crippen molar-refractivity contribution in [2.24, 2.45) is 5.10 Å². The number of aryl methyl sites for hydroxylation is 1. The van der Waals surface area contributed by atoms with E-state index in [1.165, 1.54) is 22.0 Å². The number of aromatic nitrogens is 2. The maximum absolute atomic E-state index is 13.0. The van der Waals surface area contributed by atoms with E-state index in [0.717, 1.165) is 11.6 Å². The molecule has 0 radical (unpaired) electrons. The molecule has 2 aliphatic rings. The zero-order chi connectivity index (χ0) is 27.7. The Bertz CT molecular complexity index is 1560. The summed E-state index contributed by atoms with van der Waals surface area (Å²) < 4.78 is 35.9. The van der Waals surface area contributed by atoms with Gasteiger partial charge in [-0.15, -0.1) is 0 Å². The third kappa shape index (κ3) is 5.95. The summed E-state index contributed by atoms with van der Waals surface area (Å²) in [6.45, 7) is 1.17. The highest BCUT2D eigenvalue weighted by atomic mass is 35.5. The first-order valence-electron chi connectivity index (χ1n) is 12.1. The molecule has 1 saturated heterocycles. The Labute approximate surface area is 234 Å². The lowest BCUT2D eigenvalue weighted by atomic mass is 10.0. The molecule has 204 valence electrons. The van der Waals surface area contributed by atoms with E-state index in [1.54, 1.807) is 31.2 Å². The number of carbonyl (C=O) groups is 2. The molecule has 4 heterocycles. The molecule has 1 amide bonds. The average molecular weight is 591 g/mol. The van der Waals surface area contributed by atoms with Gasteiger partial charge in [-0.05, 0) is 49.2 Å². The standard InChI is InChI=1S/C26H24Cl2N4O6S/c1-16-20(26(28)31(29-16)19-10-12-39(35,36)15-19)8-9-25(34)38-14-24(33)32-22(23-3-2-11-37-23)13-21(30-32)17-4-6-18(27)7-5-17/h2-9,11,19,22H,10,12-15H2,1H3/b9-8+/t19-,22-/m0/s1. The van der Waals surface area contributed by atoms with Crippen molar-refractivity contribution in [3.63, 3.8) is 0 Å². The Hall–Kier alpha value is -3.41. The first-order valence-corrected chi connectivity index (χ1v) is 14.7. The minimum absolute atomic E-state index is 0.0289. The van der Waals surface area contributed by atoms with Gasteiger partial charge in [0.1, 0.15) is 17.0 Å². The molecule has 10 nitrogen and oxygen atoms in total. The average Bonchev–Trinajstić information content (AvgIpc) is 3.69. The van der Waals surface area contributed by atoms with E-state index in [-0.39, 0.29) is 22.7 Å². The van der Waals surface area contributed by atoms with E-state index < -0.39 is 34.4 Å². The SMILES string of the molecule is Cc1nn([C@H]2CCS(=O)(=O)C2)c(Cl)c1/C=C/C(=O)OCC(=O)N1N=C(c2ccc(Cl)cc2)C[C@H]1c1ccco1. The van der Waals surface area contributed by atoms with Crippen LogP contribution in [0.15, 0.2) is 58.3 Å². The molecule has 0 spiro atoms. The molecule has 5 rings (SSSR count). The summed E-state index contributed by atoms with van der Waals surface area (Å²) in [7, 11) is -3.12. The molecular formula is C26H24Cl2N4O6S. The predicted molar refractivity (Wildman–Crippen MR) is 145 cm³/mol. The highest BCUT2D eigenvalue weighted by Gasteiger charge is 2.35. The van der Waals surface area contributed by atoms with Crippen molar-refractivity contribution in [3.05, 3.63) is 81.5 Å². The van der Waals surface area contributed by atoms with Gasteiger partial charge in [-0.3, -0.25) is 4.79 Å². The van der Waals surface area contributed by atoms with Gasteiger partial charge < -0.3 is 9.15 Å². The lowest BCUT2D eigenvalue weighted by Crippen LogP contribution is -2.31. The molecule has 39 heavy (non-hydrogen) atoms. The number of hydrogen-bond acceptors (Lipinski definition) is 8. The van der Waals surface area contributed by atoms with Gasteiger partial charge >= 0.3 is 5.97 Å². The van der Waals surface area contributed by atoms with Crippen molar-refractivity contribution >= 4 is 56.7 Å². The van der Waals surface area contributed by atoms with Crippen molar-refractivity contribution in [2.75, 3.05) is 18.1 Å². The third-order valence-electron chi connectivity index (χ3n) is 6.56. The smallest absolute Gasteiger partial charge is 0.331 e. The lowest BCUT2D eigenvalue weighted by Gasteiger charge is -2.19. The minimum Gasteiger partial charge on any atom is -0.467 e. The van der Waals surface area contributed by atoms with Crippen LogP contribution in [0.3, 0.4) is 0 Å². The second-order valence-corrected chi connectivity index (χ2v) is 12.3. The van der Waals surface area contributed by atoms with Gasteiger partial charge in [-0.1, -0.05) is 35.3 Å². The number of hydrazone groups is 1. The van der Waals surface area contributed by atoms with Gasteiger partial charge in [-0.25, -0.2) is 22.9 Å². The number of amides is 1. The summed E-state index contributed by atoms with van der Waals surface area (Å²) >= 11 is 12.4. The summed E-state index contributed by atoms with van der Waals surface area (Å²) in [6.07, 6.45) is 4.95. The zero-order valence-corrected chi connectivity index (χ0v) is 23.1. The first-order chi connectivity index (χ1) is 18.6. The van der Waals surface area contributed by atoms with E-state index >= 15 is 0 Å². The molecule has 0 aliphatic carbocycles. The van der Waals surface area contributed by atoms with E-state index in [9.17, 15) is 18.0 Å². The number of halogens is 2. The molecule has 1 aromatic carbocycles. The van der Waals surface area contributed by atoms with E-state index in [2.05, 4.69) is 10.2 Å². The van der Waals surface area contributed by atoms with E-state index in [0.29, 0.717) is 40.6 Å². The van der Waals surface area contributed by atoms with Crippen LogP contribution in [0.1, 0.15) is 47.5 Å². The summed E-state index contributed by atoms with van der Waals surface area (Å²) in [4.78, 5) is 25.5. The molecule has 0 bridgehead atoms. The Morgan fingerprint density at radius 1 is 1.21 bits per heavy atom. The number of ether oxygens (including phenoxy) is 1. The van der Waals surface area contributed by atoms with Gasteiger partial charge in [0.15, 0.2) is 16.4 Å². The van der Waals surface area contributed by atoms with Gasteiger partial charge in [0.05, 0.1) is 35.2 Å². The zero-order valence-electron chi connectivity index (χ0n) is 20.8. The number of nitrogens with zero attached hydrogens (tertiary/aromatic N) is 4. The highest BCUT2D eigenvalue weighted by Crippen LogP contribution is 2.34. The van der Waals surface area contributed by atoms with Crippen molar-refractivity contribution in [1.29, 1.82) is 0 Å². The van der Waals surface area contributed by atoms with Crippen LogP contribution in [0, 0.1) is 6.92 Å². The van der Waals surface area contributed by atoms with Crippen LogP contribution in [-0.4, -0.2) is 58.9 Å². The van der Waals surface area contributed by atoms with E-state index in [4.69, 9.17) is 32.4 Å². The van der Waals surface area contributed by atoms with Crippen LogP contribution in [0.5, 0.6) is 0 Å². The number of esters is 1. The van der Waals surface area contributed by atoms with Crippen molar-refractivity contribution in [3.8, 4) is 0 Å². The Balaban J connectivity index is 1.25. The molecule has 1 fully saturated rings. The van der Waals surface area contributed by atoms with Crippen molar-refractivity contribution in [1.82, 2.24) is 14.8 Å². The molecule has 13 heteroatoms. The van der Waals surface area contributed by atoms with E-state index in [1.807, 2.05) is 12.1 Å². The second kappa shape index (κ2) is 11.0. The van der Waals surface area contributed by atoms with Crippen LogP contribution >= 0.6 is 23.2 Å². The summed E-state index contributed by atoms with van der Waals surface area (Å²) in [6, 6.07) is 9.77. The fourth-order valence-electron chi connectivity index (χ4n) is 4.59. The number of hydrogen-bond donors (Lipinski definition) is 0. The van der Waals surface area contributed by atoms with Crippen LogP contribution < -0.4 is 0 Å². The maximum Gasteiger partial charge on any atom is 0.331 e. The van der Waals surface area contributed by atoms with Gasteiger partial charge in [0.25, 0.3) is 5.91 Å². The summed E-state index contributed by atoms with van der Waals surface area (Å²) in [5, 5.41) is 10.9. The van der Waals surface area contributed by atoms with Gasteiger partial charge in [-0.2, -0.15) is 10.2 Å². The summed E-state index contributed by atoms with van der Waals surface area (Å²) in [5.41, 5.74) is 2.49. The lowest BCUT2D eigenvalue weighted by molar-refractivity contribution is -0.149. The number of carbonyl (C=O) groups excluding carboxylic acids is 2. The molecule has 2 aliphatic heterocycles. The fourth-order valence-corrected chi connectivity index (χ4v) is 6.78. The second-order valence-electron chi connectivity index (χ2n) is 9.26. The highest BCUT2D eigenvalue weighted by molar-refractivity contribution is 7.91. The topological polar surface area (TPSA) is 124 Å². The quantitative estimate of drug-likeness (QED) is 0.295. The third-order valence-corrected chi connectivity index (χ3v) is 8.94. The Morgan fingerprint density at radius 3 is 2.64 bits per heavy atom. The Morgan fingerprint density at radius 2 is 1.97 bits per heavy atom. The molecular weight excluding hydrogens is 567 g/mol. The normalized spacial score (nSPS) is 20.5. The molecule has 2 atom stereocenters. The minimum atomic E-state index is -3.12. The van der Waals surface area contributed by atoms with Gasteiger partial charge in [0.2, 0.25) is 0 Å². The summed E-state index contributed by atoms with van der Waals surface area (Å²) in [5.74, 6) is -0.669. The largest absolute Gasteiger partial charge is 0.467 e. The van der Waals surface area contributed by atoms with Crippen LogP contribution in [0.2, 0.25) is 10.2 Å². The van der Waals surface area contributed by atoms with Crippen molar-refractivity contribution in [2.45, 2.75) is 31.8 Å². The number of furan rings is 1. The number of sulfone groups is 1. The fraction of sp³-hybridized carbons (Fsp3) is 0.308. The molecule has 0 N–H and O–H groups in total. The van der Waals surface area contributed by atoms with Crippen LogP contribution in [0.25, 0.3) is 6.08 Å². The van der Waals surface area contributed by atoms with Crippen LogP contribution in [0.4, 0.5) is 0 Å². The number of rotatable bonds is 7. The Kier molecular flexibility index (Phi) is 7.66. The predicted octanol–water partition coefficient (Wildman–Crippen LogP) is 4.39. The van der Waals surface area contributed by atoms with Crippen molar-refractivity contribution < 1.29 is 27.2 Å². The van der Waals surface area contributed by atoms with Crippen LogP contribution in [-0.2, 0) is 24.2 Å². The molecule has 3 aromatic rings. The van der Waals surface area contributed by atoms with Gasteiger partial charge in [0, 0.05) is 23.1 Å².